The van der Waals surface area contributed by atoms with E-state index in [2.05, 4.69) is 50.4 Å². The van der Waals surface area contributed by atoms with Gasteiger partial charge >= 0.3 is 0 Å². The molecule has 0 unspecified atom stereocenters. The highest BCUT2D eigenvalue weighted by molar-refractivity contribution is 5.88. The van der Waals surface area contributed by atoms with E-state index in [1.165, 1.54) is 12.8 Å². The number of nitrogens with one attached hydrogen (secondary N) is 2. The standard InChI is InChI=1S/C21H29N7/c1-3-17(4-2)28-14-16(13-26-28)18-10-19-20(24-9-8-23-19)21(27-18)25-12-15-6-5-7-22-11-15/h8-10,13-15,17,22H,3-7,11-12H2,1-2H3,(H,25,27)/t15-/m0/s1. The van der Waals surface area contributed by atoms with Crippen molar-refractivity contribution in [2.75, 3.05) is 25.0 Å². The predicted octanol–water partition coefficient (Wildman–Crippen LogP) is 3.66. The monoisotopic (exact) mass is 379 g/mol. The minimum absolute atomic E-state index is 0.422. The maximum Gasteiger partial charge on any atom is 0.154 e. The molecule has 3 aromatic rings. The van der Waals surface area contributed by atoms with Crippen LogP contribution in [-0.2, 0) is 0 Å². The first-order chi connectivity index (χ1) is 13.8. The van der Waals surface area contributed by atoms with Crippen LogP contribution in [0.3, 0.4) is 0 Å². The molecule has 0 amide bonds. The van der Waals surface area contributed by atoms with E-state index in [-0.39, 0.29) is 0 Å². The maximum atomic E-state index is 4.89. The highest BCUT2D eigenvalue weighted by atomic mass is 15.3. The van der Waals surface area contributed by atoms with Crippen molar-refractivity contribution in [2.24, 2.45) is 5.92 Å². The van der Waals surface area contributed by atoms with Crippen molar-refractivity contribution < 1.29 is 0 Å². The lowest BCUT2D eigenvalue weighted by molar-refractivity contribution is 0.392. The molecule has 7 heteroatoms. The number of pyridine rings is 1. The smallest absolute Gasteiger partial charge is 0.154 e. The molecule has 0 spiro atoms. The van der Waals surface area contributed by atoms with Gasteiger partial charge in [0.1, 0.15) is 5.52 Å². The van der Waals surface area contributed by atoms with Crippen LogP contribution in [0.4, 0.5) is 5.82 Å². The second-order valence-electron chi connectivity index (χ2n) is 7.55. The minimum Gasteiger partial charge on any atom is -0.368 e. The molecule has 7 nitrogen and oxygen atoms in total. The van der Waals surface area contributed by atoms with Crippen LogP contribution in [0.2, 0.25) is 0 Å². The van der Waals surface area contributed by atoms with E-state index in [1.54, 1.807) is 12.4 Å². The van der Waals surface area contributed by atoms with E-state index < -0.39 is 0 Å². The summed E-state index contributed by atoms with van der Waals surface area (Å²) in [6.07, 6.45) is 12.1. The number of anilines is 1. The third-order valence-electron chi connectivity index (χ3n) is 5.63. The molecule has 148 valence electrons. The maximum absolute atomic E-state index is 4.89. The molecule has 0 radical (unpaired) electrons. The summed E-state index contributed by atoms with van der Waals surface area (Å²) in [5.41, 5.74) is 3.57. The van der Waals surface area contributed by atoms with E-state index in [1.807, 2.05) is 12.3 Å². The van der Waals surface area contributed by atoms with Crippen molar-refractivity contribution in [3.05, 3.63) is 30.9 Å². The van der Waals surface area contributed by atoms with Crippen molar-refractivity contribution in [1.82, 2.24) is 30.0 Å². The SMILES string of the molecule is CCC(CC)n1cc(-c2cc3nccnc3c(NC[C@H]3CCCNC3)n2)cn1. The lowest BCUT2D eigenvalue weighted by atomic mass is 10.00. The van der Waals surface area contributed by atoms with Crippen LogP contribution in [0.1, 0.15) is 45.6 Å². The number of piperidine rings is 1. The molecule has 1 saturated heterocycles. The fraction of sp³-hybridized carbons (Fsp3) is 0.524. The van der Waals surface area contributed by atoms with E-state index >= 15 is 0 Å². The Morgan fingerprint density at radius 1 is 1.25 bits per heavy atom. The van der Waals surface area contributed by atoms with Gasteiger partial charge in [-0.3, -0.25) is 9.67 Å². The van der Waals surface area contributed by atoms with Gasteiger partial charge in [0.25, 0.3) is 0 Å². The summed E-state index contributed by atoms with van der Waals surface area (Å²) in [5.74, 6) is 1.42. The molecule has 1 aliphatic rings. The fourth-order valence-corrected chi connectivity index (χ4v) is 3.92. The van der Waals surface area contributed by atoms with E-state index in [0.717, 1.165) is 60.6 Å². The third kappa shape index (κ3) is 3.99. The molecule has 28 heavy (non-hydrogen) atoms. The predicted molar refractivity (Wildman–Crippen MR) is 112 cm³/mol. The topological polar surface area (TPSA) is 80.5 Å². The van der Waals surface area contributed by atoms with Crippen LogP contribution < -0.4 is 10.6 Å². The number of fused-ring (bicyclic) bond motifs is 1. The minimum atomic E-state index is 0.422. The summed E-state index contributed by atoms with van der Waals surface area (Å²) in [5, 5.41) is 11.6. The van der Waals surface area contributed by atoms with Crippen LogP contribution in [0.15, 0.2) is 30.9 Å². The summed E-state index contributed by atoms with van der Waals surface area (Å²) in [6, 6.07) is 2.43. The van der Waals surface area contributed by atoms with Gasteiger partial charge in [-0.25, -0.2) is 9.97 Å². The van der Waals surface area contributed by atoms with Gasteiger partial charge < -0.3 is 10.6 Å². The average molecular weight is 380 g/mol. The van der Waals surface area contributed by atoms with Crippen molar-refractivity contribution in [3.8, 4) is 11.3 Å². The molecular formula is C21H29N7. The normalized spacial score (nSPS) is 17.3. The van der Waals surface area contributed by atoms with Gasteiger partial charge in [-0.05, 0) is 50.8 Å². The van der Waals surface area contributed by atoms with E-state index in [0.29, 0.717) is 12.0 Å². The first-order valence-corrected chi connectivity index (χ1v) is 10.4. The number of aromatic nitrogens is 5. The third-order valence-corrected chi connectivity index (χ3v) is 5.63. The molecular weight excluding hydrogens is 350 g/mol. The molecule has 1 atom stereocenters. The van der Waals surface area contributed by atoms with Crippen molar-refractivity contribution in [3.63, 3.8) is 0 Å². The zero-order valence-electron chi connectivity index (χ0n) is 16.7. The molecule has 0 bridgehead atoms. The van der Waals surface area contributed by atoms with Crippen molar-refractivity contribution >= 4 is 16.9 Å². The largest absolute Gasteiger partial charge is 0.368 e. The van der Waals surface area contributed by atoms with Crippen LogP contribution >= 0.6 is 0 Å². The van der Waals surface area contributed by atoms with Gasteiger partial charge in [0.2, 0.25) is 0 Å². The lowest BCUT2D eigenvalue weighted by Crippen LogP contribution is -2.33. The zero-order valence-corrected chi connectivity index (χ0v) is 16.7. The quantitative estimate of drug-likeness (QED) is 0.652. The molecule has 1 fully saturated rings. The average Bonchev–Trinajstić information content (AvgIpc) is 3.23. The summed E-state index contributed by atoms with van der Waals surface area (Å²) in [4.78, 5) is 13.9. The molecule has 0 saturated carbocycles. The first kappa shape index (κ1) is 18.8. The number of rotatable bonds is 7. The Hall–Kier alpha value is -2.54. The molecule has 4 rings (SSSR count). The van der Waals surface area contributed by atoms with Gasteiger partial charge in [-0.1, -0.05) is 13.8 Å². The second kappa shape index (κ2) is 8.65. The van der Waals surface area contributed by atoms with Gasteiger partial charge in [-0.2, -0.15) is 5.10 Å². The van der Waals surface area contributed by atoms with Gasteiger partial charge in [0.15, 0.2) is 5.82 Å². The molecule has 2 N–H and O–H groups in total. The zero-order chi connectivity index (χ0) is 19.3. The molecule has 0 aromatic carbocycles. The molecule has 4 heterocycles. The lowest BCUT2D eigenvalue weighted by Gasteiger charge is -2.23. The highest BCUT2D eigenvalue weighted by Crippen LogP contribution is 2.27. The summed E-state index contributed by atoms with van der Waals surface area (Å²) in [7, 11) is 0. The van der Waals surface area contributed by atoms with Crippen molar-refractivity contribution in [1.29, 1.82) is 0 Å². The highest BCUT2D eigenvalue weighted by Gasteiger charge is 2.16. The summed E-state index contributed by atoms with van der Waals surface area (Å²) < 4.78 is 2.05. The van der Waals surface area contributed by atoms with Gasteiger partial charge in [0, 0.05) is 30.7 Å². The van der Waals surface area contributed by atoms with Gasteiger partial charge in [0.05, 0.1) is 23.4 Å². The molecule has 1 aliphatic heterocycles. The Morgan fingerprint density at radius 2 is 2.11 bits per heavy atom. The Labute approximate surface area is 166 Å². The Bertz CT molecular complexity index is 910. The van der Waals surface area contributed by atoms with Crippen LogP contribution in [0.25, 0.3) is 22.3 Å². The Kier molecular flexibility index (Phi) is 5.81. The van der Waals surface area contributed by atoms with Crippen LogP contribution in [-0.4, -0.2) is 44.4 Å². The summed E-state index contributed by atoms with van der Waals surface area (Å²) >= 11 is 0. The number of hydrogen-bond donors (Lipinski definition) is 2. The van der Waals surface area contributed by atoms with E-state index in [4.69, 9.17) is 4.98 Å². The van der Waals surface area contributed by atoms with E-state index in [9.17, 15) is 0 Å². The fourth-order valence-electron chi connectivity index (χ4n) is 3.92. The number of hydrogen-bond acceptors (Lipinski definition) is 6. The van der Waals surface area contributed by atoms with Crippen molar-refractivity contribution in [2.45, 2.75) is 45.6 Å². The second-order valence-corrected chi connectivity index (χ2v) is 7.55. The van der Waals surface area contributed by atoms with Crippen LogP contribution in [0, 0.1) is 5.92 Å². The first-order valence-electron chi connectivity index (χ1n) is 10.4. The number of nitrogens with zero attached hydrogens (tertiary/aromatic N) is 5. The van der Waals surface area contributed by atoms with Crippen LogP contribution in [0.5, 0.6) is 0 Å². The Morgan fingerprint density at radius 3 is 2.89 bits per heavy atom. The Balaban J connectivity index is 1.64. The molecule has 3 aromatic heterocycles. The molecule has 0 aliphatic carbocycles. The van der Waals surface area contributed by atoms with Gasteiger partial charge in [-0.15, -0.1) is 0 Å². The summed E-state index contributed by atoms with van der Waals surface area (Å²) in [6.45, 7) is 7.46.